The minimum absolute atomic E-state index is 0.312. The fraction of sp³-hybridized carbons (Fsp3) is 0.333. The second-order valence-corrected chi connectivity index (χ2v) is 2.68. The second kappa shape index (κ2) is 4.32. The highest BCUT2D eigenvalue weighted by molar-refractivity contribution is 5.34. The largest absolute Gasteiger partial charge is 0.392 e. The lowest BCUT2D eigenvalue weighted by atomic mass is 10.0. The summed E-state index contributed by atoms with van der Waals surface area (Å²) in [5.41, 5.74) is 1.02. The topological polar surface area (TPSA) is 60.7 Å². The van der Waals surface area contributed by atoms with Gasteiger partial charge in [0.25, 0.3) is 0 Å². The second-order valence-electron chi connectivity index (χ2n) is 2.68. The average Bonchev–Trinajstić information content (AvgIpc) is 2.16. The molecule has 13 heavy (non-hydrogen) atoms. The molecular formula is C9H11FO3. The van der Waals surface area contributed by atoms with E-state index in [1.165, 1.54) is 0 Å². The molecule has 1 rings (SSSR count). The number of rotatable bonds is 3. The smallest absolute Gasteiger partial charge is 0.123 e. The summed E-state index contributed by atoms with van der Waals surface area (Å²) in [5, 5.41) is 26.6. The van der Waals surface area contributed by atoms with Gasteiger partial charge in [-0.15, -0.1) is 0 Å². The minimum atomic E-state index is -0.523. The number of halogens is 1. The highest BCUT2D eigenvalue weighted by Gasteiger charge is 2.08. The number of hydrogen-bond acceptors (Lipinski definition) is 3. The summed E-state index contributed by atoms with van der Waals surface area (Å²) in [5.74, 6) is -0.523. The summed E-state index contributed by atoms with van der Waals surface area (Å²) in [4.78, 5) is 0. The molecule has 1 aromatic carbocycles. The van der Waals surface area contributed by atoms with Crippen LogP contribution in [0.1, 0.15) is 16.7 Å². The van der Waals surface area contributed by atoms with Gasteiger partial charge in [0.1, 0.15) is 5.82 Å². The van der Waals surface area contributed by atoms with Crippen molar-refractivity contribution < 1.29 is 19.7 Å². The number of aliphatic hydroxyl groups is 3. The van der Waals surface area contributed by atoms with Gasteiger partial charge < -0.3 is 15.3 Å². The predicted molar refractivity (Wildman–Crippen MR) is 44.2 cm³/mol. The van der Waals surface area contributed by atoms with E-state index >= 15 is 0 Å². The third-order valence-electron chi connectivity index (χ3n) is 1.90. The summed E-state index contributed by atoms with van der Waals surface area (Å²) >= 11 is 0. The summed E-state index contributed by atoms with van der Waals surface area (Å²) < 4.78 is 12.8. The Bertz CT molecular complexity index is 274. The monoisotopic (exact) mass is 186 g/mol. The van der Waals surface area contributed by atoms with Gasteiger partial charge in [-0.25, -0.2) is 4.39 Å². The van der Waals surface area contributed by atoms with Crippen LogP contribution >= 0.6 is 0 Å². The van der Waals surface area contributed by atoms with Crippen molar-refractivity contribution in [3.8, 4) is 0 Å². The van der Waals surface area contributed by atoms with Crippen LogP contribution < -0.4 is 0 Å². The van der Waals surface area contributed by atoms with E-state index < -0.39 is 5.82 Å². The van der Waals surface area contributed by atoms with Crippen molar-refractivity contribution in [2.24, 2.45) is 0 Å². The fourth-order valence-electron chi connectivity index (χ4n) is 1.24. The van der Waals surface area contributed by atoms with Gasteiger partial charge in [0.2, 0.25) is 0 Å². The average molecular weight is 186 g/mol. The molecule has 0 amide bonds. The number of benzene rings is 1. The van der Waals surface area contributed by atoms with E-state index in [-0.39, 0.29) is 19.8 Å². The fourth-order valence-corrected chi connectivity index (χ4v) is 1.24. The molecule has 0 heterocycles. The molecule has 0 unspecified atom stereocenters. The van der Waals surface area contributed by atoms with Crippen molar-refractivity contribution in [3.63, 3.8) is 0 Å². The van der Waals surface area contributed by atoms with E-state index in [4.69, 9.17) is 15.3 Å². The lowest BCUT2D eigenvalue weighted by Gasteiger charge is -2.09. The van der Waals surface area contributed by atoms with Crippen molar-refractivity contribution in [2.45, 2.75) is 19.8 Å². The number of aliphatic hydroxyl groups excluding tert-OH is 3. The van der Waals surface area contributed by atoms with Gasteiger partial charge >= 0.3 is 0 Å². The molecule has 72 valence electrons. The molecule has 3 N–H and O–H groups in total. The molecule has 0 aliphatic carbocycles. The van der Waals surface area contributed by atoms with Gasteiger partial charge in [0.05, 0.1) is 19.8 Å². The van der Waals surface area contributed by atoms with E-state index in [1.54, 1.807) is 0 Å². The van der Waals surface area contributed by atoms with Crippen LogP contribution in [-0.4, -0.2) is 15.3 Å². The van der Waals surface area contributed by atoms with Gasteiger partial charge in [-0.05, 0) is 28.8 Å². The molecule has 1 aromatic rings. The van der Waals surface area contributed by atoms with Crippen LogP contribution in [0.3, 0.4) is 0 Å². The third-order valence-corrected chi connectivity index (χ3v) is 1.90. The molecule has 0 aliphatic heterocycles. The number of hydrogen-bond donors (Lipinski definition) is 3. The first-order valence-corrected chi connectivity index (χ1v) is 3.85. The highest BCUT2D eigenvalue weighted by Crippen LogP contribution is 2.17. The zero-order valence-electron chi connectivity index (χ0n) is 7.00. The van der Waals surface area contributed by atoms with Crippen molar-refractivity contribution in [1.29, 1.82) is 0 Å². The highest BCUT2D eigenvalue weighted by atomic mass is 19.1. The van der Waals surface area contributed by atoms with Crippen molar-refractivity contribution in [3.05, 3.63) is 34.6 Å². The Morgan fingerprint density at radius 1 is 0.923 bits per heavy atom. The molecule has 0 aliphatic rings. The van der Waals surface area contributed by atoms with Crippen molar-refractivity contribution in [2.75, 3.05) is 0 Å². The van der Waals surface area contributed by atoms with E-state index in [1.807, 2.05) is 0 Å². The first-order chi connectivity index (χ1) is 6.22. The Kier molecular flexibility index (Phi) is 3.36. The molecule has 3 nitrogen and oxygen atoms in total. The first kappa shape index (κ1) is 10.1. The standard InChI is InChI=1S/C9H11FO3/c10-8-1-6(3-11)9(5-13)7(2-8)4-12/h1-2,11-13H,3-5H2. The Hall–Kier alpha value is -0.970. The van der Waals surface area contributed by atoms with Gasteiger partial charge in [-0.1, -0.05) is 0 Å². The molecule has 0 atom stereocenters. The van der Waals surface area contributed by atoms with E-state index in [9.17, 15) is 4.39 Å². The lowest BCUT2D eigenvalue weighted by molar-refractivity contribution is 0.246. The molecule has 0 bridgehead atoms. The molecule has 0 fully saturated rings. The summed E-state index contributed by atoms with van der Waals surface area (Å²) in [6.07, 6.45) is 0. The van der Waals surface area contributed by atoms with Gasteiger partial charge in [0, 0.05) is 0 Å². The minimum Gasteiger partial charge on any atom is -0.392 e. The third kappa shape index (κ3) is 2.03. The maximum Gasteiger partial charge on any atom is 0.123 e. The van der Waals surface area contributed by atoms with Crippen LogP contribution in [0, 0.1) is 5.82 Å². The van der Waals surface area contributed by atoms with Crippen molar-refractivity contribution in [1.82, 2.24) is 0 Å². The Morgan fingerprint density at radius 2 is 1.38 bits per heavy atom. The molecule has 4 heteroatoms. The molecular weight excluding hydrogens is 175 g/mol. The van der Waals surface area contributed by atoms with Crippen LogP contribution in [0.15, 0.2) is 12.1 Å². The van der Waals surface area contributed by atoms with Crippen LogP contribution in [0.25, 0.3) is 0 Å². The Labute approximate surface area is 75.1 Å². The molecule has 0 spiro atoms. The maximum atomic E-state index is 12.8. The summed E-state index contributed by atoms with van der Waals surface area (Å²) in [6, 6.07) is 2.29. The van der Waals surface area contributed by atoms with E-state index in [0.717, 1.165) is 12.1 Å². The quantitative estimate of drug-likeness (QED) is 0.636. The maximum absolute atomic E-state index is 12.8. The normalized spacial score (nSPS) is 10.5. The predicted octanol–water partition coefficient (Wildman–Crippen LogP) is 0.303. The van der Waals surface area contributed by atoms with Crippen LogP contribution in [-0.2, 0) is 19.8 Å². The van der Waals surface area contributed by atoms with E-state index in [2.05, 4.69) is 0 Å². The SMILES string of the molecule is OCc1cc(F)cc(CO)c1CO. The molecule has 0 radical (unpaired) electrons. The Morgan fingerprint density at radius 3 is 1.69 bits per heavy atom. The van der Waals surface area contributed by atoms with E-state index in [0.29, 0.717) is 16.7 Å². The zero-order valence-corrected chi connectivity index (χ0v) is 7.00. The zero-order chi connectivity index (χ0) is 9.84. The van der Waals surface area contributed by atoms with Crippen LogP contribution in [0.2, 0.25) is 0 Å². The van der Waals surface area contributed by atoms with Crippen LogP contribution in [0.4, 0.5) is 4.39 Å². The molecule has 0 aromatic heterocycles. The first-order valence-electron chi connectivity index (χ1n) is 3.85. The summed E-state index contributed by atoms with van der Waals surface area (Å²) in [7, 11) is 0. The van der Waals surface area contributed by atoms with Crippen molar-refractivity contribution >= 4 is 0 Å². The van der Waals surface area contributed by atoms with Crippen LogP contribution in [0.5, 0.6) is 0 Å². The Balaban J connectivity index is 3.25. The molecule has 0 saturated carbocycles. The molecule has 0 saturated heterocycles. The summed E-state index contributed by atoms with van der Waals surface area (Å²) in [6.45, 7) is -1.01. The lowest BCUT2D eigenvalue weighted by Crippen LogP contribution is -2.01. The van der Waals surface area contributed by atoms with Gasteiger partial charge in [-0.3, -0.25) is 0 Å². The van der Waals surface area contributed by atoms with Gasteiger partial charge in [0.15, 0.2) is 0 Å². The van der Waals surface area contributed by atoms with Gasteiger partial charge in [-0.2, -0.15) is 0 Å².